The molecule has 3 aromatic carbocycles. The van der Waals surface area contributed by atoms with Gasteiger partial charge in [-0.3, -0.25) is 4.79 Å². The fraction of sp³-hybridized carbons (Fsp3) is 0.344. The van der Waals surface area contributed by atoms with Gasteiger partial charge in [0, 0.05) is 12.1 Å². The molecule has 1 atom stereocenters. The van der Waals surface area contributed by atoms with E-state index in [1.807, 2.05) is 50.2 Å². The van der Waals surface area contributed by atoms with Gasteiger partial charge in [0.15, 0.2) is 5.60 Å². The number of benzene rings is 3. The summed E-state index contributed by atoms with van der Waals surface area (Å²) >= 11 is 0. The third-order valence-electron chi connectivity index (χ3n) is 6.95. The quantitative estimate of drug-likeness (QED) is 0.276. The maximum absolute atomic E-state index is 13.1. The Hall–Kier alpha value is -4.13. The lowest BCUT2D eigenvalue weighted by Gasteiger charge is -2.22. The number of aryl methyl sites for hydroxylation is 1. The predicted octanol–water partition coefficient (Wildman–Crippen LogP) is 6.42. The first-order valence-corrected chi connectivity index (χ1v) is 13.1. The van der Waals surface area contributed by atoms with E-state index in [2.05, 4.69) is 54.9 Å². The Labute approximate surface area is 229 Å². The molecule has 0 saturated carbocycles. The highest BCUT2D eigenvalue weighted by Gasteiger charge is 2.29. The van der Waals surface area contributed by atoms with Crippen LogP contribution >= 0.6 is 0 Å². The number of ether oxygens (including phenoxy) is 1. The molecule has 0 spiro atoms. The monoisotopic (exact) mass is 527 g/mol. The average molecular weight is 528 g/mol. The standard InChI is InChI=1S/C32H37N3O4/c1-20(23-11-14-25(15-12-23)31(3,4)5)33-29(36)24-13-16-28-27(18-24)34-21(2)35(28)19-22-9-8-10-26(17-22)39-32(6,7)30(37)38/h8-18,20H,19H2,1-7H3,(H,33,36)(H,37,38)/t20-/m0/s1. The molecule has 4 rings (SSSR count). The molecule has 1 amide bonds. The number of carboxylic acids is 1. The van der Waals surface area contributed by atoms with Crippen LogP contribution in [0.3, 0.4) is 0 Å². The van der Waals surface area contributed by atoms with Gasteiger partial charge in [0.2, 0.25) is 0 Å². The number of carboxylic acid groups (broad SMARTS) is 1. The third-order valence-corrected chi connectivity index (χ3v) is 6.95. The number of imidazole rings is 1. The second-order valence-corrected chi connectivity index (χ2v) is 11.6. The Kier molecular flexibility index (Phi) is 7.55. The summed E-state index contributed by atoms with van der Waals surface area (Å²) in [5, 5.41) is 12.5. The first-order chi connectivity index (χ1) is 18.2. The van der Waals surface area contributed by atoms with Gasteiger partial charge in [-0.1, -0.05) is 57.2 Å². The van der Waals surface area contributed by atoms with Crippen molar-refractivity contribution in [1.82, 2.24) is 14.9 Å². The van der Waals surface area contributed by atoms with Crippen molar-refractivity contribution < 1.29 is 19.4 Å². The minimum Gasteiger partial charge on any atom is -0.478 e. The molecule has 0 aliphatic rings. The Balaban J connectivity index is 1.50. The highest BCUT2D eigenvalue weighted by atomic mass is 16.5. The highest BCUT2D eigenvalue weighted by Crippen LogP contribution is 2.26. The van der Waals surface area contributed by atoms with Crippen molar-refractivity contribution >= 4 is 22.9 Å². The summed E-state index contributed by atoms with van der Waals surface area (Å²) in [5.41, 5.74) is 4.20. The number of hydrogen-bond acceptors (Lipinski definition) is 4. The van der Waals surface area contributed by atoms with Crippen LogP contribution in [-0.4, -0.2) is 32.1 Å². The molecule has 0 unspecified atom stereocenters. The van der Waals surface area contributed by atoms with Gasteiger partial charge in [0.1, 0.15) is 11.6 Å². The van der Waals surface area contributed by atoms with Crippen molar-refractivity contribution in [2.45, 2.75) is 72.1 Å². The van der Waals surface area contributed by atoms with Crippen molar-refractivity contribution in [2.24, 2.45) is 0 Å². The van der Waals surface area contributed by atoms with Crippen LogP contribution in [-0.2, 0) is 16.8 Å². The molecule has 0 fully saturated rings. The fourth-order valence-electron chi connectivity index (χ4n) is 4.45. The number of nitrogens with one attached hydrogen (secondary N) is 1. The molecular formula is C32H37N3O4. The Morgan fingerprint density at radius 3 is 2.33 bits per heavy atom. The molecule has 0 aliphatic heterocycles. The predicted molar refractivity (Wildman–Crippen MR) is 153 cm³/mol. The second kappa shape index (κ2) is 10.6. The molecule has 39 heavy (non-hydrogen) atoms. The zero-order valence-electron chi connectivity index (χ0n) is 23.7. The van der Waals surface area contributed by atoms with Crippen molar-refractivity contribution in [2.75, 3.05) is 0 Å². The summed E-state index contributed by atoms with van der Waals surface area (Å²) in [7, 11) is 0. The largest absolute Gasteiger partial charge is 0.478 e. The first kappa shape index (κ1) is 27.9. The maximum atomic E-state index is 13.1. The SMILES string of the molecule is Cc1nc2cc(C(=O)N[C@@H](C)c3ccc(C(C)(C)C)cc3)ccc2n1Cc1cccc(OC(C)(C)C(=O)O)c1. The van der Waals surface area contributed by atoms with Crippen LogP contribution in [0, 0.1) is 6.92 Å². The number of aliphatic carboxylic acids is 1. The van der Waals surface area contributed by atoms with Crippen molar-refractivity contribution in [3.63, 3.8) is 0 Å². The summed E-state index contributed by atoms with van der Waals surface area (Å²) < 4.78 is 7.77. The van der Waals surface area contributed by atoms with E-state index in [-0.39, 0.29) is 17.4 Å². The van der Waals surface area contributed by atoms with Crippen molar-refractivity contribution in [3.8, 4) is 5.75 Å². The van der Waals surface area contributed by atoms with E-state index in [0.29, 0.717) is 17.9 Å². The van der Waals surface area contributed by atoms with E-state index in [1.54, 1.807) is 6.07 Å². The lowest BCUT2D eigenvalue weighted by molar-refractivity contribution is -0.152. The van der Waals surface area contributed by atoms with Gasteiger partial charge in [0.25, 0.3) is 5.91 Å². The molecule has 0 radical (unpaired) electrons. The molecule has 7 heteroatoms. The van der Waals surface area contributed by atoms with Gasteiger partial charge in [-0.15, -0.1) is 0 Å². The zero-order chi connectivity index (χ0) is 28.5. The Morgan fingerprint density at radius 1 is 1.00 bits per heavy atom. The van der Waals surface area contributed by atoms with Crippen LogP contribution in [0.15, 0.2) is 66.7 Å². The number of amides is 1. The zero-order valence-corrected chi connectivity index (χ0v) is 23.7. The number of carbonyl (C=O) groups is 2. The molecule has 1 aromatic heterocycles. The van der Waals surface area contributed by atoms with Crippen LogP contribution in [0.2, 0.25) is 0 Å². The minimum atomic E-state index is -1.33. The van der Waals surface area contributed by atoms with Gasteiger partial charge in [0.05, 0.1) is 17.1 Å². The lowest BCUT2D eigenvalue weighted by atomic mass is 9.86. The molecular weight excluding hydrogens is 490 g/mol. The number of aromatic nitrogens is 2. The summed E-state index contributed by atoms with van der Waals surface area (Å²) in [6.07, 6.45) is 0. The third kappa shape index (κ3) is 6.30. The number of rotatable bonds is 8. The molecule has 204 valence electrons. The number of fused-ring (bicyclic) bond motifs is 1. The van der Waals surface area contributed by atoms with Gasteiger partial charge < -0.3 is 19.7 Å². The summed E-state index contributed by atoms with van der Waals surface area (Å²) in [4.78, 5) is 29.2. The molecule has 0 saturated heterocycles. The summed E-state index contributed by atoms with van der Waals surface area (Å²) in [6, 6.07) is 21.2. The molecule has 0 bridgehead atoms. The van der Waals surface area contributed by atoms with Crippen molar-refractivity contribution in [3.05, 3.63) is 94.8 Å². The molecule has 0 aliphatic carbocycles. The smallest absolute Gasteiger partial charge is 0.347 e. The van der Waals surface area contributed by atoms with Gasteiger partial charge in [-0.05, 0) is 80.1 Å². The maximum Gasteiger partial charge on any atom is 0.347 e. The normalized spacial score (nSPS) is 12.8. The van der Waals surface area contributed by atoms with Gasteiger partial charge in [-0.25, -0.2) is 9.78 Å². The van der Waals surface area contributed by atoms with E-state index < -0.39 is 11.6 Å². The lowest BCUT2D eigenvalue weighted by Crippen LogP contribution is -2.37. The number of hydrogen-bond donors (Lipinski definition) is 2. The fourth-order valence-corrected chi connectivity index (χ4v) is 4.45. The Bertz CT molecular complexity index is 1510. The van der Waals surface area contributed by atoms with E-state index in [9.17, 15) is 14.7 Å². The van der Waals surface area contributed by atoms with E-state index in [1.165, 1.54) is 19.4 Å². The number of nitrogens with zero attached hydrogens (tertiary/aromatic N) is 2. The minimum absolute atomic E-state index is 0.0792. The molecule has 7 nitrogen and oxygen atoms in total. The van der Waals surface area contributed by atoms with Crippen LogP contribution in [0.5, 0.6) is 5.75 Å². The first-order valence-electron chi connectivity index (χ1n) is 13.1. The van der Waals surface area contributed by atoms with E-state index in [0.717, 1.165) is 28.0 Å². The summed E-state index contributed by atoms with van der Waals surface area (Å²) in [6.45, 7) is 14.0. The molecule has 2 N–H and O–H groups in total. The molecule has 1 heterocycles. The van der Waals surface area contributed by atoms with Crippen LogP contribution < -0.4 is 10.1 Å². The topological polar surface area (TPSA) is 93.5 Å². The summed E-state index contributed by atoms with van der Waals surface area (Å²) in [5.74, 6) is 0.120. The highest BCUT2D eigenvalue weighted by molar-refractivity contribution is 5.97. The van der Waals surface area contributed by atoms with Crippen LogP contribution in [0.1, 0.15) is 80.5 Å². The van der Waals surface area contributed by atoms with Crippen LogP contribution in [0.4, 0.5) is 0 Å². The molecule has 4 aromatic rings. The van der Waals surface area contributed by atoms with E-state index >= 15 is 0 Å². The van der Waals surface area contributed by atoms with Crippen molar-refractivity contribution in [1.29, 1.82) is 0 Å². The van der Waals surface area contributed by atoms with Gasteiger partial charge in [-0.2, -0.15) is 0 Å². The van der Waals surface area contributed by atoms with E-state index in [4.69, 9.17) is 9.72 Å². The van der Waals surface area contributed by atoms with Gasteiger partial charge >= 0.3 is 5.97 Å². The average Bonchev–Trinajstić information content (AvgIpc) is 3.17. The van der Waals surface area contributed by atoms with Crippen LogP contribution in [0.25, 0.3) is 11.0 Å². The number of carbonyl (C=O) groups excluding carboxylic acids is 1. The Morgan fingerprint density at radius 2 is 1.69 bits per heavy atom. The second-order valence-electron chi connectivity index (χ2n) is 11.6.